The van der Waals surface area contributed by atoms with Crippen LogP contribution in [0.4, 0.5) is 5.69 Å². The summed E-state index contributed by atoms with van der Waals surface area (Å²) in [5.74, 6) is 0.347. The van der Waals surface area contributed by atoms with Gasteiger partial charge in [-0.1, -0.05) is 11.6 Å². The third-order valence-corrected chi connectivity index (χ3v) is 2.47. The SMILES string of the molecule is Cc1cnc(CCl)c(Cl)c1N(C)C.Cl. The molecule has 0 atom stereocenters. The summed E-state index contributed by atoms with van der Waals surface area (Å²) in [7, 11) is 3.90. The Morgan fingerprint density at radius 1 is 1.43 bits per heavy atom. The highest BCUT2D eigenvalue weighted by Crippen LogP contribution is 2.30. The number of hydrogen-bond donors (Lipinski definition) is 0. The highest BCUT2D eigenvalue weighted by Gasteiger charge is 2.11. The van der Waals surface area contributed by atoms with E-state index in [4.69, 9.17) is 23.2 Å². The number of nitrogens with zero attached hydrogens (tertiary/aromatic N) is 2. The molecule has 0 unspecified atom stereocenters. The van der Waals surface area contributed by atoms with Crippen molar-refractivity contribution in [2.45, 2.75) is 12.8 Å². The van der Waals surface area contributed by atoms with Gasteiger partial charge in [0.1, 0.15) is 0 Å². The average molecular weight is 256 g/mol. The number of rotatable bonds is 2. The van der Waals surface area contributed by atoms with Gasteiger partial charge in [0, 0.05) is 20.3 Å². The van der Waals surface area contributed by atoms with E-state index in [1.54, 1.807) is 6.20 Å². The Hall–Kier alpha value is -0.180. The van der Waals surface area contributed by atoms with Crippen LogP contribution in [-0.4, -0.2) is 19.1 Å². The summed E-state index contributed by atoms with van der Waals surface area (Å²) in [4.78, 5) is 6.12. The molecule has 0 bridgehead atoms. The van der Waals surface area contributed by atoms with E-state index in [0.717, 1.165) is 16.9 Å². The summed E-state index contributed by atoms with van der Waals surface area (Å²) >= 11 is 11.8. The number of aromatic nitrogens is 1. The van der Waals surface area contributed by atoms with Gasteiger partial charge in [-0.05, 0) is 12.5 Å². The van der Waals surface area contributed by atoms with Crippen molar-refractivity contribution in [1.29, 1.82) is 0 Å². The van der Waals surface area contributed by atoms with Crippen LogP contribution in [0.1, 0.15) is 11.3 Å². The van der Waals surface area contributed by atoms with Crippen molar-refractivity contribution >= 4 is 41.3 Å². The maximum atomic E-state index is 6.12. The lowest BCUT2D eigenvalue weighted by Crippen LogP contribution is -2.12. The first-order valence-electron chi connectivity index (χ1n) is 3.95. The topological polar surface area (TPSA) is 16.1 Å². The predicted molar refractivity (Wildman–Crippen MR) is 65.1 cm³/mol. The standard InChI is InChI=1S/C9H12Cl2N2.ClH/c1-6-5-12-7(4-10)8(11)9(6)13(2)3;/h5H,4H2,1-3H3;1H. The molecule has 1 heterocycles. The molecule has 0 saturated carbocycles. The van der Waals surface area contributed by atoms with Gasteiger partial charge in [0.25, 0.3) is 0 Å². The summed E-state index contributed by atoms with van der Waals surface area (Å²) in [6, 6.07) is 0. The molecule has 0 saturated heterocycles. The van der Waals surface area contributed by atoms with Gasteiger partial charge < -0.3 is 4.90 Å². The van der Waals surface area contributed by atoms with Gasteiger partial charge in [0.05, 0.1) is 22.3 Å². The Kier molecular flexibility index (Phi) is 5.57. The molecule has 0 aliphatic heterocycles. The third-order valence-electron chi connectivity index (χ3n) is 1.82. The maximum Gasteiger partial charge on any atom is 0.0869 e. The van der Waals surface area contributed by atoms with Gasteiger partial charge in [0.2, 0.25) is 0 Å². The van der Waals surface area contributed by atoms with E-state index in [9.17, 15) is 0 Å². The van der Waals surface area contributed by atoms with Crippen molar-refractivity contribution in [2.75, 3.05) is 19.0 Å². The average Bonchev–Trinajstić information content (AvgIpc) is 2.04. The largest absolute Gasteiger partial charge is 0.376 e. The van der Waals surface area contributed by atoms with Crippen LogP contribution >= 0.6 is 35.6 Å². The Balaban J connectivity index is 0.00000169. The van der Waals surface area contributed by atoms with Crippen LogP contribution in [0.5, 0.6) is 0 Å². The fourth-order valence-electron chi connectivity index (χ4n) is 1.24. The van der Waals surface area contributed by atoms with E-state index >= 15 is 0 Å². The van der Waals surface area contributed by atoms with Gasteiger partial charge in [-0.3, -0.25) is 4.98 Å². The molecule has 1 aromatic heterocycles. The normalized spacial score (nSPS) is 9.50. The molecule has 2 nitrogen and oxygen atoms in total. The molecule has 0 fully saturated rings. The zero-order chi connectivity index (χ0) is 10.0. The van der Waals surface area contributed by atoms with Gasteiger partial charge >= 0.3 is 0 Å². The Bertz CT molecular complexity index is 313. The van der Waals surface area contributed by atoms with Crippen LogP contribution in [0.15, 0.2) is 6.20 Å². The number of alkyl halides is 1. The van der Waals surface area contributed by atoms with Crippen LogP contribution in [-0.2, 0) is 5.88 Å². The van der Waals surface area contributed by atoms with Gasteiger partial charge in [0.15, 0.2) is 0 Å². The highest BCUT2D eigenvalue weighted by molar-refractivity contribution is 6.34. The van der Waals surface area contributed by atoms with Crippen LogP contribution in [0.25, 0.3) is 0 Å². The maximum absolute atomic E-state index is 6.12. The van der Waals surface area contributed by atoms with Crippen LogP contribution in [0, 0.1) is 6.92 Å². The van der Waals surface area contributed by atoms with Crippen molar-refractivity contribution < 1.29 is 0 Å². The van der Waals surface area contributed by atoms with Crippen molar-refractivity contribution in [3.8, 4) is 0 Å². The Morgan fingerprint density at radius 3 is 2.43 bits per heavy atom. The van der Waals surface area contributed by atoms with Gasteiger partial charge in [-0.2, -0.15) is 0 Å². The van der Waals surface area contributed by atoms with E-state index in [0.29, 0.717) is 10.9 Å². The third kappa shape index (κ3) is 2.66. The molecule has 14 heavy (non-hydrogen) atoms. The smallest absolute Gasteiger partial charge is 0.0869 e. The Morgan fingerprint density at radius 2 is 2.00 bits per heavy atom. The van der Waals surface area contributed by atoms with Crippen molar-refractivity contribution in [2.24, 2.45) is 0 Å². The second-order valence-corrected chi connectivity index (χ2v) is 3.72. The molecule has 0 aliphatic carbocycles. The van der Waals surface area contributed by atoms with Gasteiger partial charge in [-0.25, -0.2) is 0 Å². The second kappa shape index (κ2) is 5.64. The molecule has 0 N–H and O–H groups in total. The second-order valence-electron chi connectivity index (χ2n) is 3.08. The molecular formula is C9H13Cl3N2. The first-order valence-corrected chi connectivity index (χ1v) is 4.86. The number of anilines is 1. The van der Waals surface area contributed by atoms with E-state index < -0.39 is 0 Å². The number of hydrogen-bond acceptors (Lipinski definition) is 2. The minimum absolute atomic E-state index is 0. The van der Waals surface area contributed by atoms with Crippen LogP contribution < -0.4 is 4.90 Å². The molecule has 1 aromatic rings. The lowest BCUT2D eigenvalue weighted by Gasteiger charge is -2.18. The van der Waals surface area contributed by atoms with E-state index in [1.807, 2.05) is 25.9 Å². The van der Waals surface area contributed by atoms with E-state index in [1.165, 1.54) is 0 Å². The van der Waals surface area contributed by atoms with Crippen molar-refractivity contribution in [3.05, 3.63) is 22.5 Å². The zero-order valence-corrected chi connectivity index (χ0v) is 10.7. The van der Waals surface area contributed by atoms with Gasteiger partial charge in [-0.15, -0.1) is 24.0 Å². The first-order chi connectivity index (χ1) is 6.07. The fourth-order valence-corrected chi connectivity index (χ4v) is 1.95. The number of halogens is 3. The van der Waals surface area contributed by atoms with E-state index in [-0.39, 0.29) is 12.4 Å². The molecule has 0 aliphatic rings. The highest BCUT2D eigenvalue weighted by atomic mass is 35.5. The summed E-state index contributed by atoms with van der Waals surface area (Å²) in [6.07, 6.45) is 1.79. The minimum Gasteiger partial charge on any atom is -0.376 e. The van der Waals surface area contributed by atoms with E-state index in [2.05, 4.69) is 4.98 Å². The zero-order valence-electron chi connectivity index (χ0n) is 8.34. The predicted octanol–water partition coefficient (Wildman–Crippen LogP) is 3.27. The fraction of sp³-hybridized carbons (Fsp3) is 0.444. The lowest BCUT2D eigenvalue weighted by atomic mass is 10.2. The monoisotopic (exact) mass is 254 g/mol. The summed E-state index contributed by atoms with van der Waals surface area (Å²) in [5.41, 5.74) is 2.79. The van der Waals surface area contributed by atoms with Crippen molar-refractivity contribution in [1.82, 2.24) is 4.98 Å². The molecule has 80 valence electrons. The summed E-state index contributed by atoms with van der Waals surface area (Å²) in [5, 5.41) is 0.653. The first kappa shape index (κ1) is 13.8. The quantitative estimate of drug-likeness (QED) is 0.754. The summed E-state index contributed by atoms with van der Waals surface area (Å²) in [6.45, 7) is 1.98. The molecule has 0 spiro atoms. The van der Waals surface area contributed by atoms with Crippen LogP contribution in [0.3, 0.4) is 0 Å². The molecule has 0 radical (unpaired) electrons. The van der Waals surface area contributed by atoms with Crippen LogP contribution in [0.2, 0.25) is 5.02 Å². The number of pyridine rings is 1. The number of aryl methyl sites for hydroxylation is 1. The minimum atomic E-state index is 0. The Labute approximate surface area is 101 Å². The molecular weight excluding hydrogens is 242 g/mol. The molecule has 5 heteroatoms. The molecule has 1 rings (SSSR count). The van der Waals surface area contributed by atoms with Crippen molar-refractivity contribution in [3.63, 3.8) is 0 Å². The molecule has 0 aromatic carbocycles. The molecule has 0 amide bonds. The summed E-state index contributed by atoms with van der Waals surface area (Å²) < 4.78 is 0. The lowest BCUT2D eigenvalue weighted by molar-refractivity contribution is 1.07.